The van der Waals surface area contributed by atoms with Gasteiger partial charge in [-0.25, -0.2) is 0 Å². The number of nitrogens with zero attached hydrogens (tertiary/aromatic N) is 1. The number of amides is 1. The zero-order valence-electron chi connectivity index (χ0n) is 13.2. The van der Waals surface area contributed by atoms with Gasteiger partial charge in [-0.15, -0.1) is 0 Å². The van der Waals surface area contributed by atoms with Gasteiger partial charge in [0.1, 0.15) is 12.4 Å². The molecule has 0 atom stereocenters. The van der Waals surface area contributed by atoms with Crippen molar-refractivity contribution < 1.29 is 14.6 Å². The van der Waals surface area contributed by atoms with Gasteiger partial charge in [-0.1, -0.05) is 29.3 Å². The molecule has 0 aliphatic carbocycles. The smallest absolute Gasteiger partial charge is 0.254 e. The predicted octanol–water partition coefficient (Wildman–Crippen LogP) is 3.83. The Balaban J connectivity index is 1.90. The van der Waals surface area contributed by atoms with Gasteiger partial charge in [-0.05, 0) is 42.3 Å². The van der Waals surface area contributed by atoms with Crippen molar-refractivity contribution in [1.82, 2.24) is 4.90 Å². The lowest BCUT2D eigenvalue weighted by atomic mass is 10.1. The Bertz CT molecular complexity index is 769. The Labute approximate surface area is 150 Å². The molecule has 1 N–H and O–H groups in total. The number of ether oxygens (including phenoxy) is 1. The monoisotopic (exact) mass is 365 g/mol. The number of carbonyl (C=O) groups is 1. The molecule has 0 unspecified atom stereocenters. The highest BCUT2D eigenvalue weighted by molar-refractivity contribution is 6.36. The van der Waals surface area contributed by atoms with Crippen LogP contribution in [0.25, 0.3) is 0 Å². The summed E-state index contributed by atoms with van der Waals surface area (Å²) in [5, 5.41) is 10.2. The number of fused-ring (bicyclic) bond motifs is 1. The van der Waals surface area contributed by atoms with E-state index in [1.54, 1.807) is 17.0 Å². The Morgan fingerprint density at radius 1 is 1.25 bits per heavy atom. The topological polar surface area (TPSA) is 49.8 Å². The van der Waals surface area contributed by atoms with E-state index in [1.165, 1.54) is 0 Å². The lowest BCUT2D eigenvalue weighted by Crippen LogP contribution is -2.32. The summed E-state index contributed by atoms with van der Waals surface area (Å²) in [5.41, 5.74) is 2.87. The molecule has 2 aromatic carbocycles. The SMILES string of the molecule is Cc1c(Cl)cc(C(=O)N2CCOc3ccc(CO)cc3C2)cc1Cl. The first-order valence-corrected chi connectivity index (χ1v) is 8.35. The number of aliphatic hydroxyl groups is 1. The summed E-state index contributed by atoms with van der Waals surface area (Å²) in [4.78, 5) is 14.5. The zero-order valence-corrected chi connectivity index (χ0v) is 14.7. The van der Waals surface area contributed by atoms with Gasteiger partial charge in [0.15, 0.2) is 0 Å². The van der Waals surface area contributed by atoms with Crippen LogP contribution in [0.15, 0.2) is 30.3 Å². The summed E-state index contributed by atoms with van der Waals surface area (Å²) in [7, 11) is 0. The van der Waals surface area contributed by atoms with Gasteiger partial charge in [0.25, 0.3) is 5.91 Å². The van der Waals surface area contributed by atoms with Crippen molar-refractivity contribution >= 4 is 29.1 Å². The third-order valence-corrected chi connectivity index (χ3v) is 4.89. The minimum Gasteiger partial charge on any atom is -0.491 e. The van der Waals surface area contributed by atoms with E-state index in [0.29, 0.717) is 35.3 Å². The Morgan fingerprint density at radius 3 is 2.62 bits per heavy atom. The summed E-state index contributed by atoms with van der Waals surface area (Å²) in [5.74, 6) is 0.590. The van der Waals surface area contributed by atoms with Crippen LogP contribution in [-0.2, 0) is 13.2 Å². The molecular formula is C18H17Cl2NO3. The average molecular weight is 366 g/mol. The maximum atomic E-state index is 12.8. The minimum atomic E-state index is -0.148. The van der Waals surface area contributed by atoms with Crippen molar-refractivity contribution in [3.05, 3.63) is 62.6 Å². The molecule has 24 heavy (non-hydrogen) atoms. The van der Waals surface area contributed by atoms with Crippen LogP contribution in [0.5, 0.6) is 5.75 Å². The molecule has 0 aromatic heterocycles. The second kappa shape index (κ2) is 7.01. The summed E-state index contributed by atoms with van der Waals surface area (Å²) >= 11 is 12.3. The fourth-order valence-electron chi connectivity index (χ4n) is 2.67. The first-order chi connectivity index (χ1) is 11.5. The molecule has 126 valence electrons. The molecule has 1 aliphatic heterocycles. The van der Waals surface area contributed by atoms with Crippen molar-refractivity contribution in [3.63, 3.8) is 0 Å². The molecule has 6 heteroatoms. The van der Waals surface area contributed by atoms with Gasteiger partial charge < -0.3 is 14.7 Å². The molecule has 0 radical (unpaired) electrons. The standard InChI is InChI=1S/C18H17Cl2NO3/c1-11-15(19)7-13(8-16(11)20)18(23)21-4-5-24-17-3-2-12(10-22)6-14(17)9-21/h2-3,6-8,22H,4-5,9-10H2,1H3. The van der Waals surface area contributed by atoms with Gasteiger partial charge in [0, 0.05) is 27.7 Å². The summed E-state index contributed by atoms with van der Waals surface area (Å²) in [6.07, 6.45) is 0. The molecule has 0 saturated heterocycles. The summed E-state index contributed by atoms with van der Waals surface area (Å²) in [6.45, 7) is 3.04. The van der Waals surface area contributed by atoms with Crippen LogP contribution in [0.3, 0.4) is 0 Å². The van der Waals surface area contributed by atoms with E-state index in [1.807, 2.05) is 25.1 Å². The van der Waals surface area contributed by atoms with Crippen LogP contribution in [-0.4, -0.2) is 29.1 Å². The van der Waals surface area contributed by atoms with Gasteiger partial charge in [-0.2, -0.15) is 0 Å². The molecule has 0 saturated carbocycles. The van der Waals surface area contributed by atoms with Crippen molar-refractivity contribution in [1.29, 1.82) is 0 Å². The molecule has 1 aliphatic rings. The van der Waals surface area contributed by atoms with Gasteiger partial charge in [-0.3, -0.25) is 4.79 Å². The number of rotatable bonds is 2. The van der Waals surface area contributed by atoms with E-state index in [2.05, 4.69) is 0 Å². The number of carbonyl (C=O) groups excluding carboxylic acids is 1. The quantitative estimate of drug-likeness (QED) is 0.879. The van der Waals surface area contributed by atoms with Crippen LogP contribution in [0, 0.1) is 6.92 Å². The molecule has 4 nitrogen and oxygen atoms in total. The van der Waals surface area contributed by atoms with Crippen LogP contribution < -0.4 is 4.74 Å². The molecular weight excluding hydrogens is 349 g/mol. The van der Waals surface area contributed by atoms with Crippen molar-refractivity contribution in [2.75, 3.05) is 13.2 Å². The molecule has 0 bridgehead atoms. The Kier molecular flexibility index (Phi) is 4.99. The predicted molar refractivity (Wildman–Crippen MR) is 93.8 cm³/mol. The van der Waals surface area contributed by atoms with Crippen molar-refractivity contribution in [2.24, 2.45) is 0 Å². The highest BCUT2D eigenvalue weighted by Crippen LogP contribution is 2.28. The minimum absolute atomic E-state index is 0.0512. The van der Waals surface area contributed by atoms with E-state index < -0.39 is 0 Å². The fraction of sp³-hybridized carbons (Fsp3) is 0.278. The maximum absolute atomic E-state index is 12.8. The second-order valence-electron chi connectivity index (χ2n) is 5.74. The second-order valence-corrected chi connectivity index (χ2v) is 6.55. The number of benzene rings is 2. The van der Waals surface area contributed by atoms with Gasteiger partial charge >= 0.3 is 0 Å². The van der Waals surface area contributed by atoms with Crippen LogP contribution in [0.4, 0.5) is 0 Å². The molecule has 1 heterocycles. The third-order valence-electron chi connectivity index (χ3n) is 4.10. The molecule has 3 rings (SSSR count). The van der Waals surface area contributed by atoms with Gasteiger partial charge in [0.05, 0.1) is 13.2 Å². The fourth-order valence-corrected chi connectivity index (χ4v) is 3.16. The molecule has 0 fully saturated rings. The maximum Gasteiger partial charge on any atom is 0.254 e. The normalized spacial score (nSPS) is 13.9. The van der Waals surface area contributed by atoms with Crippen LogP contribution in [0.2, 0.25) is 10.0 Å². The zero-order chi connectivity index (χ0) is 17.3. The van der Waals surface area contributed by atoms with Crippen LogP contribution >= 0.6 is 23.2 Å². The molecule has 2 aromatic rings. The number of hydrogen-bond acceptors (Lipinski definition) is 3. The highest BCUT2D eigenvalue weighted by Gasteiger charge is 2.22. The van der Waals surface area contributed by atoms with E-state index in [4.69, 9.17) is 27.9 Å². The largest absolute Gasteiger partial charge is 0.491 e. The summed E-state index contributed by atoms with van der Waals surface area (Å²) in [6, 6.07) is 8.78. The highest BCUT2D eigenvalue weighted by atomic mass is 35.5. The van der Waals surface area contributed by atoms with E-state index in [9.17, 15) is 9.90 Å². The number of aliphatic hydroxyl groups excluding tert-OH is 1. The molecule has 0 spiro atoms. The van der Waals surface area contributed by atoms with E-state index >= 15 is 0 Å². The lowest BCUT2D eigenvalue weighted by Gasteiger charge is -2.20. The Hall–Kier alpha value is -1.75. The number of hydrogen-bond donors (Lipinski definition) is 1. The Morgan fingerprint density at radius 2 is 1.96 bits per heavy atom. The van der Waals surface area contributed by atoms with Crippen molar-refractivity contribution in [3.8, 4) is 5.75 Å². The third kappa shape index (κ3) is 3.36. The lowest BCUT2D eigenvalue weighted by molar-refractivity contribution is 0.0733. The van der Waals surface area contributed by atoms with Crippen LogP contribution in [0.1, 0.15) is 27.0 Å². The average Bonchev–Trinajstić information content (AvgIpc) is 2.80. The molecule has 1 amide bonds. The van der Waals surface area contributed by atoms with E-state index in [0.717, 1.165) is 22.4 Å². The summed E-state index contributed by atoms with van der Waals surface area (Å²) < 4.78 is 5.70. The first kappa shape index (κ1) is 17.1. The first-order valence-electron chi connectivity index (χ1n) is 7.60. The van der Waals surface area contributed by atoms with E-state index in [-0.39, 0.29) is 12.5 Å². The van der Waals surface area contributed by atoms with Gasteiger partial charge in [0.2, 0.25) is 0 Å². The van der Waals surface area contributed by atoms with Crippen molar-refractivity contribution in [2.45, 2.75) is 20.1 Å². The number of halogens is 2.